The normalized spacial score (nSPS) is 27.7. The number of hydrogen-bond donors (Lipinski definition) is 1. The summed E-state index contributed by atoms with van der Waals surface area (Å²) < 4.78 is 4.97. The summed E-state index contributed by atoms with van der Waals surface area (Å²) in [7, 11) is 1.49. The van der Waals surface area contributed by atoms with Crippen molar-refractivity contribution in [2.75, 3.05) is 19.4 Å². The lowest BCUT2D eigenvalue weighted by atomic mass is 9.98. The number of carbonyl (C=O) groups excluding carboxylic acids is 1. The van der Waals surface area contributed by atoms with Gasteiger partial charge in [0, 0.05) is 5.25 Å². The number of methoxy groups -OCH3 is 1. The Balaban J connectivity index is 2.47. The van der Waals surface area contributed by atoms with Crippen molar-refractivity contribution >= 4 is 17.7 Å². The number of esters is 1. The van der Waals surface area contributed by atoms with Gasteiger partial charge in [0.25, 0.3) is 0 Å². The van der Waals surface area contributed by atoms with Gasteiger partial charge < -0.3 is 10.1 Å². The van der Waals surface area contributed by atoms with E-state index in [9.17, 15) is 4.79 Å². The van der Waals surface area contributed by atoms with Gasteiger partial charge in [0.1, 0.15) is 5.54 Å². The molecule has 0 aromatic rings. The molecule has 4 heteroatoms. The monoisotopic (exact) mass is 273 g/mol. The molecule has 0 aliphatic heterocycles. The second-order valence-electron chi connectivity index (χ2n) is 5.52. The molecule has 18 heavy (non-hydrogen) atoms. The molecule has 1 aliphatic carbocycles. The van der Waals surface area contributed by atoms with Crippen LogP contribution in [0.3, 0.4) is 0 Å². The number of carbonyl (C=O) groups is 1. The highest BCUT2D eigenvalue weighted by molar-refractivity contribution is 7.99. The lowest BCUT2D eigenvalue weighted by Gasteiger charge is -2.27. The number of hydrogen-bond acceptors (Lipinski definition) is 4. The number of ether oxygens (including phenoxy) is 1. The van der Waals surface area contributed by atoms with E-state index in [0.717, 1.165) is 31.7 Å². The van der Waals surface area contributed by atoms with Crippen LogP contribution in [0.5, 0.6) is 0 Å². The summed E-state index contributed by atoms with van der Waals surface area (Å²) >= 11 is 2.02. The largest absolute Gasteiger partial charge is 0.468 e. The number of likely N-dealkylation sites (N-methyl/N-ethyl adjacent to an activating group) is 1. The first-order valence-electron chi connectivity index (χ1n) is 6.99. The van der Waals surface area contributed by atoms with Crippen LogP contribution in [-0.4, -0.2) is 36.2 Å². The van der Waals surface area contributed by atoms with Gasteiger partial charge in [0.2, 0.25) is 0 Å². The van der Waals surface area contributed by atoms with Crippen LogP contribution in [0.25, 0.3) is 0 Å². The molecule has 0 aromatic heterocycles. The predicted octanol–water partition coefficient (Wildman–Crippen LogP) is 2.84. The summed E-state index contributed by atoms with van der Waals surface area (Å²) in [5, 5.41) is 3.95. The van der Waals surface area contributed by atoms with Crippen molar-refractivity contribution in [1.29, 1.82) is 0 Å². The maximum Gasteiger partial charge on any atom is 0.326 e. The highest BCUT2D eigenvalue weighted by atomic mass is 32.2. The summed E-state index contributed by atoms with van der Waals surface area (Å²) in [4.78, 5) is 12.0. The van der Waals surface area contributed by atoms with Gasteiger partial charge in [0.05, 0.1) is 7.11 Å². The molecule has 0 aromatic carbocycles. The van der Waals surface area contributed by atoms with Crippen LogP contribution in [0, 0.1) is 5.92 Å². The average molecular weight is 273 g/mol. The van der Waals surface area contributed by atoms with Crippen molar-refractivity contribution in [2.24, 2.45) is 5.92 Å². The van der Waals surface area contributed by atoms with Crippen LogP contribution in [0.2, 0.25) is 0 Å². The van der Waals surface area contributed by atoms with Gasteiger partial charge >= 0.3 is 5.97 Å². The Kier molecular flexibility index (Phi) is 6.50. The molecule has 106 valence electrons. The van der Waals surface area contributed by atoms with Crippen LogP contribution in [0.1, 0.15) is 46.5 Å². The number of thioether (sulfide) groups is 1. The molecule has 0 spiro atoms. The lowest BCUT2D eigenvalue weighted by molar-refractivity contribution is -0.148. The molecule has 3 nitrogen and oxygen atoms in total. The molecule has 0 bridgehead atoms. The fourth-order valence-corrected chi connectivity index (χ4v) is 4.19. The Morgan fingerprint density at radius 2 is 2.28 bits per heavy atom. The first-order chi connectivity index (χ1) is 8.54. The molecule has 1 fully saturated rings. The minimum atomic E-state index is -0.418. The SMILES string of the molecule is CCNC1(C(=O)OC)CCC(SCCC(C)C)C1. The van der Waals surface area contributed by atoms with Crippen molar-refractivity contribution in [1.82, 2.24) is 5.32 Å². The van der Waals surface area contributed by atoms with E-state index < -0.39 is 5.54 Å². The van der Waals surface area contributed by atoms with Crippen molar-refractivity contribution in [3.63, 3.8) is 0 Å². The Morgan fingerprint density at radius 1 is 1.56 bits per heavy atom. The quantitative estimate of drug-likeness (QED) is 0.724. The Labute approximate surface area is 115 Å². The molecule has 1 N–H and O–H groups in total. The average Bonchev–Trinajstić information content (AvgIpc) is 2.73. The van der Waals surface area contributed by atoms with Crippen LogP contribution in [0.15, 0.2) is 0 Å². The topological polar surface area (TPSA) is 38.3 Å². The van der Waals surface area contributed by atoms with Crippen molar-refractivity contribution in [3.8, 4) is 0 Å². The zero-order chi connectivity index (χ0) is 13.6. The maximum atomic E-state index is 12.0. The van der Waals surface area contributed by atoms with Gasteiger partial charge in [-0.2, -0.15) is 11.8 Å². The summed E-state index contributed by atoms with van der Waals surface area (Å²) in [6.45, 7) is 7.38. The summed E-state index contributed by atoms with van der Waals surface area (Å²) in [5.41, 5.74) is -0.418. The van der Waals surface area contributed by atoms with Crippen LogP contribution < -0.4 is 5.32 Å². The first-order valence-corrected chi connectivity index (χ1v) is 8.04. The Bertz CT molecular complexity index is 271. The molecular weight excluding hydrogens is 246 g/mol. The van der Waals surface area contributed by atoms with Crippen molar-refractivity contribution < 1.29 is 9.53 Å². The molecule has 2 atom stereocenters. The van der Waals surface area contributed by atoms with Gasteiger partial charge in [-0.15, -0.1) is 0 Å². The molecule has 0 heterocycles. The van der Waals surface area contributed by atoms with Gasteiger partial charge in [-0.1, -0.05) is 20.8 Å². The smallest absolute Gasteiger partial charge is 0.326 e. The third-order valence-electron chi connectivity index (χ3n) is 3.61. The van der Waals surface area contributed by atoms with E-state index in [1.807, 2.05) is 18.7 Å². The standard InChI is InChI=1S/C14H27NO2S/c1-5-15-14(13(16)17-4)8-6-12(10-14)18-9-7-11(2)3/h11-12,15H,5-10H2,1-4H3. The highest BCUT2D eigenvalue weighted by Gasteiger charge is 2.45. The van der Waals surface area contributed by atoms with Gasteiger partial charge in [-0.05, 0) is 43.9 Å². The van der Waals surface area contributed by atoms with E-state index in [4.69, 9.17) is 4.74 Å². The zero-order valence-corrected chi connectivity index (χ0v) is 12.9. The van der Waals surface area contributed by atoms with E-state index in [1.165, 1.54) is 19.3 Å². The maximum absolute atomic E-state index is 12.0. The second-order valence-corrected chi connectivity index (χ2v) is 6.93. The fraction of sp³-hybridized carbons (Fsp3) is 0.929. The van der Waals surface area contributed by atoms with E-state index >= 15 is 0 Å². The molecule has 1 rings (SSSR count). The van der Waals surface area contributed by atoms with Crippen molar-refractivity contribution in [3.05, 3.63) is 0 Å². The zero-order valence-electron chi connectivity index (χ0n) is 12.1. The second kappa shape index (κ2) is 7.39. The van der Waals surface area contributed by atoms with Crippen LogP contribution in [0.4, 0.5) is 0 Å². The summed E-state index contributed by atoms with van der Waals surface area (Å²) in [5.74, 6) is 1.88. The molecule has 0 radical (unpaired) electrons. The van der Waals surface area contributed by atoms with Gasteiger partial charge in [0.15, 0.2) is 0 Å². The van der Waals surface area contributed by atoms with E-state index in [0.29, 0.717) is 5.25 Å². The minimum absolute atomic E-state index is 0.0868. The lowest BCUT2D eigenvalue weighted by Crippen LogP contribution is -2.50. The molecule has 1 saturated carbocycles. The molecule has 2 unspecified atom stereocenters. The molecule has 0 saturated heterocycles. The fourth-order valence-electron chi connectivity index (χ4n) is 2.56. The van der Waals surface area contributed by atoms with Crippen molar-refractivity contribution in [2.45, 2.75) is 57.2 Å². The van der Waals surface area contributed by atoms with E-state index in [1.54, 1.807) is 0 Å². The van der Waals surface area contributed by atoms with Gasteiger partial charge in [-0.25, -0.2) is 0 Å². The summed E-state index contributed by atoms with van der Waals surface area (Å²) in [6, 6.07) is 0. The minimum Gasteiger partial charge on any atom is -0.468 e. The first kappa shape index (κ1) is 15.8. The third-order valence-corrected chi connectivity index (χ3v) is 4.95. The van der Waals surface area contributed by atoms with E-state index in [-0.39, 0.29) is 5.97 Å². The highest BCUT2D eigenvalue weighted by Crippen LogP contribution is 2.38. The molecule has 0 amide bonds. The van der Waals surface area contributed by atoms with Crippen LogP contribution in [-0.2, 0) is 9.53 Å². The summed E-state index contributed by atoms with van der Waals surface area (Å²) in [6.07, 6.45) is 4.20. The molecular formula is C14H27NO2S. The van der Waals surface area contributed by atoms with Gasteiger partial charge in [-0.3, -0.25) is 4.79 Å². The number of nitrogens with one attached hydrogen (secondary N) is 1. The van der Waals surface area contributed by atoms with E-state index in [2.05, 4.69) is 19.2 Å². The van der Waals surface area contributed by atoms with Crippen LogP contribution >= 0.6 is 11.8 Å². The number of rotatable bonds is 7. The predicted molar refractivity (Wildman–Crippen MR) is 78.0 cm³/mol. The Hall–Kier alpha value is -0.220. The third kappa shape index (κ3) is 4.16. The Morgan fingerprint density at radius 3 is 2.83 bits per heavy atom. The molecule has 1 aliphatic rings.